The van der Waals surface area contributed by atoms with Gasteiger partial charge in [-0.25, -0.2) is 9.59 Å². The summed E-state index contributed by atoms with van der Waals surface area (Å²) in [5.74, 6) is -4.07. The lowest BCUT2D eigenvalue weighted by atomic mass is 9.47. The fraction of sp³-hybridized carbons (Fsp3) is 0.600. The second-order valence-corrected chi connectivity index (χ2v) is 8.81. The Kier molecular flexibility index (Phi) is 4.55. The first kappa shape index (κ1) is 20.1. The van der Waals surface area contributed by atoms with Gasteiger partial charge >= 0.3 is 11.9 Å². The van der Waals surface area contributed by atoms with Crippen molar-refractivity contribution < 1.29 is 28.7 Å². The summed E-state index contributed by atoms with van der Waals surface area (Å²) in [5, 5.41) is 0. The monoisotopic (exact) mass is 362 g/mol. The lowest BCUT2D eigenvalue weighted by Gasteiger charge is -2.52. The zero-order valence-corrected chi connectivity index (χ0v) is 16.6. The number of allylic oxidation sites excluding steroid dienone is 2. The third-order valence-corrected chi connectivity index (χ3v) is 5.32. The first-order valence-corrected chi connectivity index (χ1v) is 8.48. The molecule has 0 unspecified atom stereocenters. The van der Waals surface area contributed by atoms with Crippen molar-refractivity contribution in [3.8, 4) is 0 Å². The van der Waals surface area contributed by atoms with Crippen LogP contribution >= 0.6 is 0 Å². The molecule has 0 aromatic heterocycles. The zero-order valence-electron chi connectivity index (χ0n) is 16.6. The number of hydrogen-bond donors (Lipinski definition) is 0. The third kappa shape index (κ3) is 2.46. The van der Waals surface area contributed by atoms with Crippen LogP contribution in [0.2, 0.25) is 0 Å². The number of Topliss-reactive ketones (excluding diaryl/α,β-unsaturated/α-hetero) is 2. The number of methoxy groups -OCH3 is 2. The van der Waals surface area contributed by atoms with Gasteiger partial charge in [-0.05, 0) is 10.8 Å². The second-order valence-electron chi connectivity index (χ2n) is 8.81. The number of carbonyl (C=O) groups is 4. The Morgan fingerprint density at radius 2 is 1.46 bits per heavy atom. The van der Waals surface area contributed by atoms with Gasteiger partial charge in [0.15, 0.2) is 0 Å². The standard InChI is InChI=1S/C20H26O6/c1-18(2,3)10-9-20(19(4,5)6)13(17(24)26-8)12(16(23)25-7)11(10)14(21)15(20)22/h9,11H,1-8H3/t11-,20-/m0/s1. The molecular formula is C20H26O6. The summed E-state index contributed by atoms with van der Waals surface area (Å²) in [6.07, 6.45) is 1.71. The van der Waals surface area contributed by atoms with Gasteiger partial charge in [-0.3, -0.25) is 9.59 Å². The minimum Gasteiger partial charge on any atom is -0.466 e. The number of fused-ring (bicyclic) bond motifs is 1. The number of esters is 2. The van der Waals surface area contributed by atoms with E-state index in [1.54, 1.807) is 26.8 Å². The fourth-order valence-electron chi connectivity index (χ4n) is 3.96. The average molecular weight is 362 g/mol. The van der Waals surface area contributed by atoms with E-state index >= 15 is 0 Å². The van der Waals surface area contributed by atoms with Crippen LogP contribution in [0.25, 0.3) is 0 Å². The molecule has 0 spiro atoms. The molecular weight excluding hydrogens is 336 g/mol. The molecule has 2 bridgehead atoms. The lowest BCUT2D eigenvalue weighted by Crippen LogP contribution is -2.59. The first-order valence-electron chi connectivity index (χ1n) is 8.48. The van der Waals surface area contributed by atoms with Crippen LogP contribution in [0.1, 0.15) is 41.5 Å². The first-order chi connectivity index (χ1) is 11.8. The normalized spacial score (nSPS) is 26.0. The summed E-state index contributed by atoms with van der Waals surface area (Å²) >= 11 is 0. The van der Waals surface area contributed by atoms with Crippen molar-refractivity contribution in [2.45, 2.75) is 41.5 Å². The van der Waals surface area contributed by atoms with E-state index in [1.807, 2.05) is 20.8 Å². The molecule has 0 aromatic rings. The molecule has 0 N–H and O–H groups in total. The van der Waals surface area contributed by atoms with E-state index in [0.29, 0.717) is 5.57 Å². The predicted octanol–water partition coefficient (Wildman–Crippen LogP) is 2.42. The predicted molar refractivity (Wildman–Crippen MR) is 94.0 cm³/mol. The van der Waals surface area contributed by atoms with Gasteiger partial charge in [-0.2, -0.15) is 0 Å². The van der Waals surface area contributed by atoms with Crippen molar-refractivity contribution in [3.05, 3.63) is 22.8 Å². The van der Waals surface area contributed by atoms with E-state index in [9.17, 15) is 19.2 Å². The average Bonchev–Trinajstić information content (AvgIpc) is 2.54. The van der Waals surface area contributed by atoms with Crippen LogP contribution in [0.4, 0.5) is 0 Å². The molecule has 0 saturated carbocycles. The van der Waals surface area contributed by atoms with Gasteiger partial charge in [0.2, 0.25) is 11.6 Å². The molecule has 142 valence electrons. The van der Waals surface area contributed by atoms with E-state index in [1.165, 1.54) is 14.2 Å². The Balaban J connectivity index is 3.06. The maximum atomic E-state index is 13.1. The molecule has 0 aromatic carbocycles. The van der Waals surface area contributed by atoms with Crippen LogP contribution in [-0.2, 0) is 28.7 Å². The van der Waals surface area contributed by atoms with Crippen LogP contribution in [-0.4, -0.2) is 37.7 Å². The molecule has 2 atom stereocenters. The Hall–Kier alpha value is -2.24. The molecule has 0 saturated heterocycles. The summed E-state index contributed by atoms with van der Waals surface area (Å²) < 4.78 is 9.77. The van der Waals surface area contributed by atoms with Crippen molar-refractivity contribution in [1.82, 2.24) is 0 Å². The van der Waals surface area contributed by atoms with Crippen LogP contribution < -0.4 is 0 Å². The minimum atomic E-state index is -1.57. The largest absolute Gasteiger partial charge is 0.466 e. The van der Waals surface area contributed by atoms with E-state index in [4.69, 9.17) is 9.47 Å². The molecule has 0 radical (unpaired) electrons. The summed E-state index contributed by atoms with van der Waals surface area (Å²) in [6, 6.07) is 0. The summed E-state index contributed by atoms with van der Waals surface area (Å²) in [6.45, 7) is 11.0. The highest BCUT2D eigenvalue weighted by Crippen LogP contribution is 2.60. The zero-order chi connectivity index (χ0) is 20.2. The minimum absolute atomic E-state index is 0.0775. The van der Waals surface area contributed by atoms with Crippen molar-refractivity contribution in [2.24, 2.45) is 22.2 Å². The topological polar surface area (TPSA) is 86.7 Å². The molecule has 3 aliphatic rings. The Bertz CT molecular complexity index is 769. The van der Waals surface area contributed by atoms with Crippen LogP contribution in [0.5, 0.6) is 0 Å². The number of rotatable bonds is 2. The van der Waals surface area contributed by atoms with Crippen LogP contribution in [0.15, 0.2) is 22.8 Å². The Labute approximate surface area is 153 Å². The number of hydrogen-bond acceptors (Lipinski definition) is 6. The van der Waals surface area contributed by atoms with Gasteiger partial charge in [0.05, 0.1) is 36.7 Å². The Morgan fingerprint density at radius 1 is 0.962 bits per heavy atom. The SMILES string of the molecule is COC(=O)C1=C(C(=O)OC)[C@@]2(C(C)(C)C)C=C(C(C)(C)C)[C@@H]1C(=O)C2=O. The smallest absolute Gasteiger partial charge is 0.335 e. The quantitative estimate of drug-likeness (QED) is 0.426. The fourth-order valence-corrected chi connectivity index (χ4v) is 3.96. The van der Waals surface area contributed by atoms with Crippen molar-refractivity contribution >= 4 is 23.5 Å². The molecule has 6 heteroatoms. The van der Waals surface area contributed by atoms with Gasteiger partial charge in [0.25, 0.3) is 0 Å². The van der Waals surface area contributed by atoms with Gasteiger partial charge < -0.3 is 9.47 Å². The third-order valence-electron chi connectivity index (χ3n) is 5.32. The van der Waals surface area contributed by atoms with Crippen LogP contribution in [0, 0.1) is 22.2 Å². The van der Waals surface area contributed by atoms with E-state index in [2.05, 4.69) is 0 Å². The van der Waals surface area contributed by atoms with Crippen molar-refractivity contribution in [1.29, 1.82) is 0 Å². The van der Waals surface area contributed by atoms with Crippen molar-refractivity contribution in [3.63, 3.8) is 0 Å². The molecule has 3 rings (SSSR count). The van der Waals surface area contributed by atoms with Gasteiger partial charge in [-0.1, -0.05) is 53.2 Å². The highest BCUT2D eigenvalue weighted by atomic mass is 16.5. The highest BCUT2D eigenvalue weighted by Gasteiger charge is 2.65. The van der Waals surface area contributed by atoms with E-state index in [0.717, 1.165) is 0 Å². The van der Waals surface area contributed by atoms with Gasteiger partial charge in [-0.15, -0.1) is 0 Å². The van der Waals surface area contributed by atoms with Gasteiger partial charge in [0, 0.05) is 0 Å². The molecule has 3 aliphatic carbocycles. The maximum Gasteiger partial charge on any atom is 0.335 e. The number of ketones is 2. The molecule has 0 amide bonds. The second kappa shape index (κ2) is 5.89. The Morgan fingerprint density at radius 3 is 1.85 bits per heavy atom. The van der Waals surface area contributed by atoms with Crippen molar-refractivity contribution in [2.75, 3.05) is 14.2 Å². The van der Waals surface area contributed by atoms with E-state index in [-0.39, 0.29) is 11.1 Å². The molecule has 0 aliphatic heterocycles. The number of carbonyl (C=O) groups excluding carboxylic acids is 4. The lowest BCUT2D eigenvalue weighted by molar-refractivity contribution is -0.152. The maximum absolute atomic E-state index is 13.1. The van der Waals surface area contributed by atoms with E-state index < -0.39 is 45.7 Å². The van der Waals surface area contributed by atoms with Gasteiger partial charge in [0.1, 0.15) is 0 Å². The molecule has 0 fully saturated rings. The highest BCUT2D eigenvalue weighted by molar-refractivity contribution is 6.47. The van der Waals surface area contributed by atoms with Crippen LogP contribution in [0.3, 0.4) is 0 Å². The summed E-state index contributed by atoms with van der Waals surface area (Å²) in [5.41, 5.74) is -2.42. The molecule has 0 heterocycles. The summed E-state index contributed by atoms with van der Waals surface area (Å²) in [7, 11) is 2.37. The summed E-state index contributed by atoms with van der Waals surface area (Å²) in [4.78, 5) is 51.4. The number of ether oxygens (including phenoxy) is 2. The molecule has 6 nitrogen and oxygen atoms in total. The molecule has 26 heavy (non-hydrogen) atoms.